The van der Waals surface area contributed by atoms with Crippen LogP contribution in [-0.4, -0.2) is 38.4 Å². The summed E-state index contributed by atoms with van der Waals surface area (Å²) < 4.78 is 37.6. The molecular formula is C20H22ClN3O4S. The molecule has 0 aliphatic rings. The predicted octanol–water partition coefficient (Wildman–Crippen LogP) is 4.26. The lowest BCUT2D eigenvalue weighted by molar-refractivity contribution is 0.330. The second-order valence-corrected chi connectivity index (χ2v) is 8.92. The number of rotatable bonds is 8. The number of sulfonamides is 1. The maximum Gasteiger partial charge on any atom is 0.246 e. The van der Waals surface area contributed by atoms with Gasteiger partial charge >= 0.3 is 0 Å². The lowest BCUT2D eigenvalue weighted by Gasteiger charge is -2.16. The van der Waals surface area contributed by atoms with Crippen molar-refractivity contribution in [1.29, 1.82) is 0 Å². The lowest BCUT2D eigenvalue weighted by Crippen LogP contribution is -2.23. The summed E-state index contributed by atoms with van der Waals surface area (Å²) in [6.45, 7) is 2.46. The van der Waals surface area contributed by atoms with Crippen LogP contribution in [0.1, 0.15) is 12.8 Å². The van der Waals surface area contributed by atoms with Gasteiger partial charge in [-0.15, -0.1) is 0 Å². The van der Waals surface area contributed by atoms with E-state index in [1.54, 1.807) is 43.5 Å². The van der Waals surface area contributed by atoms with E-state index >= 15 is 0 Å². The summed E-state index contributed by atoms with van der Waals surface area (Å²) in [4.78, 5) is 4.36. The Morgan fingerprint density at radius 2 is 2.00 bits per heavy atom. The average Bonchev–Trinajstić information content (AvgIpc) is 3.16. The van der Waals surface area contributed by atoms with Gasteiger partial charge in [0, 0.05) is 30.4 Å². The Morgan fingerprint density at radius 3 is 2.69 bits per heavy atom. The number of nitrogens with one attached hydrogen (secondary N) is 1. The first-order chi connectivity index (χ1) is 13.8. The quantitative estimate of drug-likeness (QED) is 0.569. The minimum Gasteiger partial charge on any atom is -0.492 e. The molecule has 0 amide bonds. The summed E-state index contributed by atoms with van der Waals surface area (Å²) in [5, 5.41) is 3.75. The highest BCUT2D eigenvalue weighted by molar-refractivity contribution is 7.89. The van der Waals surface area contributed by atoms with Gasteiger partial charge in [0.15, 0.2) is 5.76 Å². The third-order valence-corrected chi connectivity index (χ3v) is 6.18. The zero-order chi connectivity index (χ0) is 21.0. The first-order valence-corrected chi connectivity index (χ1v) is 10.8. The molecule has 3 aromatic rings. The van der Waals surface area contributed by atoms with Crippen LogP contribution in [0, 0.1) is 0 Å². The fraction of sp³-hybridized carbons (Fsp3) is 0.250. The smallest absolute Gasteiger partial charge is 0.246 e. The van der Waals surface area contributed by atoms with E-state index in [2.05, 4.69) is 10.3 Å². The molecule has 0 aliphatic heterocycles. The second-order valence-electron chi connectivity index (χ2n) is 6.36. The van der Waals surface area contributed by atoms with Crippen molar-refractivity contribution in [2.75, 3.05) is 26.0 Å². The normalized spacial score (nSPS) is 11.6. The first kappa shape index (κ1) is 21.2. The van der Waals surface area contributed by atoms with Gasteiger partial charge in [-0.3, -0.25) is 0 Å². The molecule has 1 N–H and O–H groups in total. The molecule has 0 radical (unpaired) electrons. The van der Waals surface area contributed by atoms with Crippen LogP contribution in [-0.2, 0) is 16.6 Å². The van der Waals surface area contributed by atoms with Crippen molar-refractivity contribution in [3.05, 3.63) is 59.6 Å². The summed E-state index contributed by atoms with van der Waals surface area (Å²) in [7, 11) is -0.692. The molecule has 0 spiro atoms. The Balaban J connectivity index is 1.79. The molecule has 1 heterocycles. The Bertz CT molecular complexity index is 1100. The van der Waals surface area contributed by atoms with Crippen LogP contribution < -0.4 is 10.1 Å². The zero-order valence-electron chi connectivity index (χ0n) is 16.3. The zero-order valence-corrected chi connectivity index (χ0v) is 17.9. The van der Waals surface area contributed by atoms with Gasteiger partial charge in [-0.1, -0.05) is 23.7 Å². The van der Waals surface area contributed by atoms with Crippen LogP contribution in [0.2, 0.25) is 5.02 Å². The highest BCUT2D eigenvalue weighted by Crippen LogP contribution is 2.30. The number of halogens is 1. The third-order valence-electron chi connectivity index (χ3n) is 4.11. The van der Waals surface area contributed by atoms with Gasteiger partial charge in [0.1, 0.15) is 10.6 Å². The monoisotopic (exact) mass is 435 g/mol. The molecule has 0 aliphatic carbocycles. The average molecular weight is 436 g/mol. The number of aromatic nitrogens is 1. The van der Waals surface area contributed by atoms with Crippen molar-refractivity contribution < 1.29 is 17.6 Å². The Hall–Kier alpha value is -2.55. The molecule has 2 aromatic carbocycles. The fourth-order valence-electron chi connectivity index (χ4n) is 2.64. The number of anilines is 1. The number of hydrogen-bond acceptors (Lipinski definition) is 6. The van der Waals surface area contributed by atoms with Gasteiger partial charge in [0.2, 0.25) is 15.9 Å². The van der Waals surface area contributed by atoms with Crippen LogP contribution in [0.15, 0.2) is 58.0 Å². The van der Waals surface area contributed by atoms with Crippen LogP contribution in [0.25, 0.3) is 11.3 Å². The molecule has 7 nitrogen and oxygen atoms in total. The number of benzene rings is 2. The van der Waals surface area contributed by atoms with Crippen molar-refractivity contribution in [1.82, 2.24) is 9.29 Å². The van der Waals surface area contributed by atoms with Gasteiger partial charge in [0.25, 0.3) is 0 Å². The van der Waals surface area contributed by atoms with Crippen molar-refractivity contribution in [3.63, 3.8) is 0 Å². The minimum atomic E-state index is -3.65. The summed E-state index contributed by atoms with van der Waals surface area (Å²) in [6, 6.07) is 12.2. The van der Waals surface area contributed by atoms with Crippen molar-refractivity contribution in [2.24, 2.45) is 0 Å². The molecule has 1 aromatic heterocycles. The van der Waals surface area contributed by atoms with E-state index in [9.17, 15) is 8.42 Å². The molecule has 0 atom stereocenters. The maximum absolute atomic E-state index is 12.6. The lowest BCUT2D eigenvalue weighted by atomic mass is 10.2. The van der Waals surface area contributed by atoms with Crippen LogP contribution in [0.4, 0.5) is 5.69 Å². The molecule has 29 heavy (non-hydrogen) atoms. The maximum atomic E-state index is 12.6. The molecule has 0 saturated heterocycles. The molecule has 9 heteroatoms. The highest BCUT2D eigenvalue weighted by atomic mass is 35.5. The minimum absolute atomic E-state index is 0.0985. The Morgan fingerprint density at radius 1 is 1.21 bits per heavy atom. The molecular weight excluding hydrogens is 414 g/mol. The van der Waals surface area contributed by atoms with Gasteiger partial charge < -0.3 is 14.5 Å². The molecule has 0 saturated carbocycles. The summed E-state index contributed by atoms with van der Waals surface area (Å²) >= 11 is 6.01. The topological polar surface area (TPSA) is 84.7 Å². The largest absolute Gasteiger partial charge is 0.492 e. The van der Waals surface area contributed by atoms with Crippen molar-refractivity contribution >= 4 is 27.3 Å². The highest BCUT2D eigenvalue weighted by Gasteiger charge is 2.23. The van der Waals surface area contributed by atoms with Gasteiger partial charge in [-0.2, -0.15) is 0 Å². The Labute approximate surface area is 175 Å². The third kappa shape index (κ3) is 4.90. The molecule has 0 bridgehead atoms. The van der Waals surface area contributed by atoms with E-state index in [1.807, 2.05) is 12.1 Å². The van der Waals surface area contributed by atoms with Crippen LogP contribution >= 0.6 is 11.6 Å². The fourth-order valence-corrected chi connectivity index (χ4v) is 3.88. The van der Waals surface area contributed by atoms with E-state index in [1.165, 1.54) is 14.1 Å². The standard InChI is InChI=1S/C20H22ClN3O4S/c1-4-27-17-9-8-16(11-19(17)29(25,26)24(2)3)22-13-20-23-12-18(28-20)14-6-5-7-15(21)10-14/h5-12,22H,4,13H2,1-3H3. The number of nitrogens with zero attached hydrogens (tertiary/aromatic N) is 2. The summed E-state index contributed by atoms with van der Waals surface area (Å²) in [5.41, 5.74) is 1.44. The van der Waals surface area contributed by atoms with E-state index in [0.717, 1.165) is 9.87 Å². The van der Waals surface area contributed by atoms with Gasteiger partial charge in [-0.25, -0.2) is 17.7 Å². The molecule has 3 rings (SSSR count). The van der Waals surface area contributed by atoms with Crippen LogP contribution in [0.3, 0.4) is 0 Å². The SMILES string of the molecule is CCOc1ccc(NCc2ncc(-c3cccc(Cl)c3)o2)cc1S(=O)(=O)N(C)C. The van der Waals surface area contributed by atoms with Crippen LogP contribution in [0.5, 0.6) is 5.75 Å². The molecule has 154 valence electrons. The molecule has 0 unspecified atom stereocenters. The summed E-state index contributed by atoms with van der Waals surface area (Å²) in [6.07, 6.45) is 1.63. The van der Waals surface area contributed by atoms with Gasteiger partial charge in [0.05, 0.1) is 19.3 Å². The number of oxazole rings is 1. The van der Waals surface area contributed by atoms with E-state index in [-0.39, 0.29) is 11.4 Å². The van der Waals surface area contributed by atoms with E-state index < -0.39 is 10.0 Å². The Kier molecular flexibility index (Phi) is 6.46. The summed E-state index contributed by atoms with van der Waals surface area (Å²) in [5.74, 6) is 1.38. The van der Waals surface area contributed by atoms with E-state index in [0.29, 0.717) is 34.7 Å². The molecule has 0 fully saturated rings. The second kappa shape index (κ2) is 8.86. The number of hydrogen-bond donors (Lipinski definition) is 1. The van der Waals surface area contributed by atoms with Crippen molar-refractivity contribution in [2.45, 2.75) is 18.4 Å². The number of ether oxygens (including phenoxy) is 1. The van der Waals surface area contributed by atoms with Crippen molar-refractivity contribution in [3.8, 4) is 17.1 Å². The first-order valence-electron chi connectivity index (χ1n) is 8.95. The van der Waals surface area contributed by atoms with Gasteiger partial charge in [-0.05, 0) is 37.3 Å². The predicted molar refractivity (Wildman–Crippen MR) is 113 cm³/mol. The van der Waals surface area contributed by atoms with E-state index in [4.69, 9.17) is 20.8 Å².